The molecule has 1 saturated heterocycles. The van der Waals surface area contributed by atoms with E-state index in [1.54, 1.807) is 36.2 Å². The Morgan fingerprint density at radius 2 is 1.95 bits per heavy atom. The lowest BCUT2D eigenvalue weighted by Crippen LogP contribution is -2.42. The molecule has 1 saturated carbocycles. The molecule has 10 heteroatoms. The van der Waals surface area contributed by atoms with Crippen LogP contribution in [0.4, 0.5) is 20.3 Å². The third-order valence-corrected chi connectivity index (χ3v) is 7.13. The molecule has 3 heterocycles. The Morgan fingerprint density at radius 3 is 2.62 bits per heavy atom. The first-order valence-electron chi connectivity index (χ1n) is 13.0. The number of nitrogens with one attached hydrogen (secondary N) is 3. The molecule has 1 aromatic carbocycles. The van der Waals surface area contributed by atoms with Gasteiger partial charge in [-0.1, -0.05) is 12.1 Å². The number of aliphatic imine (C=N–C) groups is 1. The van der Waals surface area contributed by atoms with Crippen molar-refractivity contribution >= 4 is 41.1 Å². The number of allylic oxidation sites excluding steroid dienone is 1. The first-order chi connectivity index (χ1) is 18.9. The Labute approximate surface area is 224 Å². The molecule has 2 amide bonds. The average Bonchev–Trinajstić information content (AvgIpc) is 3.70. The number of fused-ring (bicyclic) bond motifs is 1. The summed E-state index contributed by atoms with van der Waals surface area (Å²) in [6.07, 6.45) is 7.40. The van der Waals surface area contributed by atoms with E-state index in [-0.39, 0.29) is 29.3 Å². The number of H-pyrrole nitrogens is 1. The number of benzene rings is 1. The maximum Gasteiger partial charge on any atom is 0.253 e. The molecule has 2 aromatic heterocycles. The molecular weight excluding hydrogens is 502 g/mol. The minimum Gasteiger partial charge on any atom is -0.380 e. The number of carbonyl (C=O) groups excluding carboxylic acids is 2. The summed E-state index contributed by atoms with van der Waals surface area (Å²) in [7, 11) is 0. The van der Waals surface area contributed by atoms with Crippen molar-refractivity contribution in [2.45, 2.75) is 38.6 Å². The van der Waals surface area contributed by atoms with Crippen LogP contribution in [0.25, 0.3) is 22.2 Å². The molecule has 1 aliphatic carbocycles. The molecule has 8 nitrogen and oxygen atoms in total. The van der Waals surface area contributed by atoms with E-state index in [4.69, 9.17) is 0 Å². The van der Waals surface area contributed by atoms with E-state index < -0.39 is 11.8 Å². The van der Waals surface area contributed by atoms with Crippen molar-refractivity contribution in [3.05, 3.63) is 66.0 Å². The van der Waals surface area contributed by atoms with Crippen molar-refractivity contribution in [1.29, 1.82) is 0 Å². The highest BCUT2D eigenvalue weighted by atomic mass is 19.1. The molecule has 2 aliphatic rings. The second kappa shape index (κ2) is 11.2. The highest BCUT2D eigenvalue weighted by Gasteiger charge is 2.30. The van der Waals surface area contributed by atoms with Crippen LogP contribution in [0.5, 0.6) is 0 Å². The summed E-state index contributed by atoms with van der Waals surface area (Å²) in [5, 5.41) is 6.97. The molecule has 202 valence electrons. The van der Waals surface area contributed by atoms with Crippen molar-refractivity contribution in [3.63, 3.8) is 0 Å². The molecule has 0 bridgehead atoms. The molecule has 0 atom stereocenters. The number of anilines is 2. The molecule has 3 aromatic rings. The number of aromatic nitrogens is 2. The molecular formula is C29H30F2N6O2. The summed E-state index contributed by atoms with van der Waals surface area (Å²) in [5.74, 6) is -1.05. The number of aromatic amines is 1. The quantitative estimate of drug-likeness (QED) is 0.153. The van der Waals surface area contributed by atoms with Crippen LogP contribution in [0, 0.1) is 11.7 Å². The molecule has 5 rings (SSSR count). The van der Waals surface area contributed by atoms with E-state index in [0.717, 1.165) is 29.9 Å². The highest BCUT2D eigenvalue weighted by Crippen LogP contribution is 2.34. The van der Waals surface area contributed by atoms with Crippen LogP contribution in [0.1, 0.15) is 32.6 Å². The number of rotatable bonds is 8. The molecule has 0 radical (unpaired) electrons. The molecule has 2 fully saturated rings. The van der Waals surface area contributed by atoms with Crippen molar-refractivity contribution in [2.24, 2.45) is 10.9 Å². The van der Waals surface area contributed by atoms with Crippen LogP contribution in [0.3, 0.4) is 0 Å². The van der Waals surface area contributed by atoms with E-state index in [1.807, 2.05) is 12.1 Å². The van der Waals surface area contributed by atoms with Gasteiger partial charge in [-0.3, -0.25) is 9.59 Å². The van der Waals surface area contributed by atoms with Gasteiger partial charge < -0.3 is 20.5 Å². The van der Waals surface area contributed by atoms with Crippen molar-refractivity contribution in [2.75, 3.05) is 23.7 Å². The maximum atomic E-state index is 15.3. The van der Waals surface area contributed by atoms with Gasteiger partial charge >= 0.3 is 0 Å². The van der Waals surface area contributed by atoms with Gasteiger partial charge in [-0.25, -0.2) is 14.4 Å². The lowest BCUT2D eigenvalue weighted by Gasteiger charge is -2.33. The van der Waals surface area contributed by atoms with E-state index in [1.165, 1.54) is 6.07 Å². The van der Waals surface area contributed by atoms with Gasteiger partial charge in [-0.2, -0.15) is 4.39 Å². The third kappa shape index (κ3) is 5.89. The minimum absolute atomic E-state index is 0.0212. The number of likely N-dealkylation sites (tertiary alicyclic amines) is 1. The Kier molecular flexibility index (Phi) is 7.53. The fourth-order valence-electron chi connectivity index (χ4n) is 4.79. The average molecular weight is 533 g/mol. The molecule has 0 unspecified atom stereocenters. The highest BCUT2D eigenvalue weighted by molar-refractivity contribution is 5.99. The zero-order valence-electron chi connectivity index (χ0n) is 21.6. The fraction of sp³-hybridized carbons (Fsp3) is 0.310. The summed E-state index contributed by atoms with van der Waals surface area (Å²) < 4.78 is 28.8. The third-order valence-electron chi connectivity index (χ3n) is 7.13. The summed E-state index contributed by atoms with van der Waals surface area (Å²) in [6.45, 7) is 5.72. The summed E-state index contributed by atoms with van der Waals surface area (Å²) >= 11 is 0. The second-order valence-corrected chi connectivity index (χ2v) is 9.83. The largest absolute Gasteiger partial charge is 0.380 e. The zero-order valence-corrected chi connectivity index (χ0v) is 21.6. The molecule has 1 aliphatic heterocycles. The summed E-state index contributed by atoms with van der Waals surface area (Å²) in [4.78, 5) is 37.4. The lowest BCUT2D eigenvalue weighted by atomic mass is 10.0. The topological polar surface area (TPSA) is 102 Å². The summed E-state index contributed by atoms with van der Waals surface area (Å²) in [6, 6.07) is 8.65. The number of amides is 2. The predicted octanol–water partition coefficient (Wildman–Crippen LogP) is 5.58. The van der Waals surface area contributed by atoms with Crippen LogP contribution in [-0.4, -0.2) is 52.5 Å². The zero-order chi connectivity index (χ0) is 27.5. The van der Waals surface area contributed by atoms with Crippen LogP contribution in [0.15, 0.2) is 65.2 Å². The van der Waals surface area contributed by atoms with E-state index in [2.05, 4.69) is 32.3 Å². The monoisotopic (exact) mass is 532 g/mol. The van der Waals surface area contributed by atoms with Crippen molar-refractivity contribution in [1.82, 2.24) is 14.9 Å². The van der Waals surface area contributed by atoms with Crippen LogP contribution < -0.4 is 10.6 Å². The Hall–Kier alpha value is -4.34. The summed E-state index contributed by atoms with van der Waals surface area (Å²) in [5.41, 5.74) is 2.64. The van der Waals surface area contributed by atoms with Crippen molar-refractivity contribution in [3.8, 4) is 11.1 Å². The van der Waals surface area contributed by atoms with Gasteiger partial charge in [-0.05, 0) is 74.7 Å². The number of hydrogen-bond acceptors (Lipinski definition) is 5. The maximum absolute atomic E-state index is 15.3. The first kappa shape index (κ1) is 26.3. The Balaban J connectivity index is 1.26. The molecule has 39 heavy (non-hydrogen) atoms. The van der Waals surface area contributed by atoms with Crippen LogP contribution in [-0.2, 0) is 9.59 Å². The number of halogens is 2. The first-order valence-corrected chi connectivity index (χ1v) is 13.0. The SMILES string of the molecule is C=N/C(F)=C\C(=C/C)C(=O)N1CCC(Nc2ccc(-c3cc(NC(=O)C4CC4)nc4[nH]ccc34)cc2F)CC1. The Morgan fingerprint density at radius 1 is 1.18 bits per heavy atom. The number of carbonyl (C=O) groups is 2. The van der Waals surface area contributed by atoms with Gasteiger partial charge in [-0.15, -0.1) is 0 Å². The minimum atomic E-state index is -0.810. The van der Waals surface area contributed by atoms with E-state index >= 15 is 4.39 Å². The van der Waals surface area contributed by atoms with Gasteiger partial charge in [0.1, 0.15) is 17.3 Å². The molecule has 3 N–H and O–H groups in total. The van der Waals surface area contributed by atoms with Gasteiger partial charge in [0, 0.05) is 48.3 Å². The standard InChI is InChI=1S/C29H30F2N6O2/c1-3-17(15-25(31)32-2)29(39)37-12-9-20(10-13-37)34-24-7-6-19(14-23(24)30)22-16-26(36-28(38)18-4-5-18)35-27-21(22)8-11-33-27/h3,6-8,11,14-16,18,20,34H,2,4-5,9-10,12-13H2,1H3,(H2,33,35,36,38)/b17-3+,25-15-. The van der Waals surface area contributed by atoms with Gasteiger partial charge in [0.15, 0.2) is 0 Å². The second-order valence-electron chi connectivity index (χ2n) is 9.83. The van der Waals surface area contributed by atoms with Crippen molar-refractivity contribution < 1.29 is 18.4 Å². The van der Waals surface area contributed by atoms with Crippen LogP contribution in [0.2, 0.25) is 0 Å². The fourth-order valence-corrected chi connectivity index (χ4v) is 4.79. The molecule has 0 spiro atoms. The normalized spacial score (nSPS) is 16.8. The van der Waals surface area contributed by atoms with Crippen LogP contribution >= 0.6 is 0 Å². The number of piperidine rings is 1. The van der Waals surface area contributed by atoms with Gasteiger partial charge in [0.05, 0.1) is 5.69 Å². The van der Waals surface area contributed by atoms with E-state index in [9.17, 15) is 14.0 Å². The lowest BCUT2D eigenvalue weighted by molar-refractivity contribution is -0.127. The number of nitrogens with zero attached hydrogens (tertiary/aromatic N) is 3. The Bertz CT molecular complexity index is 1480. The van der Waals surface area contributed by atoms with Gasteiger partial charge in [0.2, 0.25) is 11.9 Å². The number of hydrogen-bond donors (Lipinski definition) is 3. The number of pyridine rings is 1. The van der Waals surface area contributed by atoms with E-state index in [0.29, 0.717) is 48.6 Å². The van der Waals surface area contributed by atoms with Gasteiger partial charge in [0.25, 0.3) is 5.91 Å². The smallest absolute Gasteiger partial charge is 0.253 e. The predicted molar refractivity (Wildman–Crippen MR) is 149 cm³/mol.